The predicted octanol–water partition coefficient (Wildman–Crippen LogP) is 2.87. The van der Waals surface area contributed by atoms with Crippen molar-refractivity contribution >= 4 is 27.7 Å². The van der Waals surface area contributed by atoms with Gasteiger partial charge in [-0.1, -0.05) is 58.4 Å². The van der Waals surface area contributed by atoms with Crippen LogP contribution in [-0.4, -0.2) is 22.8 Å². The van der Waals surface area contributed by atoms with Gasteiger partial charge in [-0.3, -0.25) is 14.5 Å². The number of amides is 2. The molecule has 1 saturated heterocycles. The first-order valence-electron chi connectivity index (χ1n) is 7.49. The molecular formula is C18H17BrN2O2. The Labute approximate surface area is 143 Å². The molecule has 2 aromatic carbocycles. The van der Waals surface area contributed by atoms with Gasteiger partial charge in [-0.2, -0.15) is 0 Å². The quantitative estimate of drug-likeness (QED) is 0.820. The Balaban J connectivity index is 1.60. The van der Waals surface area contributed by atoms with Crippen molar-refractivity contribution in [2.75, 3.05) is 0 Å². The van der Waals surface area contributed by atoms with Crippen LogP contribution < -0.4 is 5.32 Å². The summed E-state index contributed by atoms with van der Waals surface area (Å²) in [6, 6.07) is 17.0. The third kappa shape index (κ3) is 3.86. The summed E-state index contributed by atoms with van der Waals surface area (Å²) in [6.07, 6.45) is 0.224. The molecule has 0 radical (unpaired) electrons. The van der Waals surface area contributed by atoms with Crippen molar-refractivity contribution in [3.05, 3.63) is 70.2 Å². The summed E-state index contributed by atoms with van der Waals surface area (Å²) in [5.41, 5.74) is 2.04. The summed E-state index contributed by atoms with van der Waals surface area (Å²) in [6.45, 7) is 0.908. The molecule has 4 nitrogen and oxygen atoms in total. The minimum absolute atomic E-state index is 0.118. The van der Waals surface area contributed by atoms with Crippen molar-refractivity contribution in [1.82, 2.24) is 10.2 Å². The fourth-order valence-electron chi connectivity index (χ4n) is 2.62. The molecule has 2 aromatic rings. The SMILES string of the molecule is O=C1C[C@@H](NCc2ccc(Br)cc2)C(=O)N1Cc1ccccc1. The van der Waals surface area contributed by atoms with Gasteiger partial charge in [-0.05, 0) is 23.3 Å². The topological polar surface area (TPSA) is 49.4 Å². The van der Waals surface area contributed by atoms with Crippen molar-refractivity contribution in [2.45, 2.75) is 25.6 Å². The van der Waals surface area contributed by atoms with Gasteiger partial charge in [0, 0.05) is 11.0 Å². The summed E-state index contributed by atoms with van der Waals surface area (Å²) in [5, 5.41) is 3.19. The molecule has 1 fully saturated rings. The van der Waals surface area contributed by atoms with E-state index in [0.717, 1.165) is 15.6 Å². The van der Waals surface area contributed by atoms with Crippen molar-refractivity contribution in [3.8, 4) is 0 Å². The van der Waals surface area contributed by atoms with E-state index in [1.165, 1.54) is 4.90 Å². The molecule has 0 aliphatic carbocycles. The third-order valence-corrected chi connectivity index (χ3v) is 4.42. The van der Waals surface area contributed by atoms with E-state index in [2.05, 4.69) is 21.2 Å². The number of carbonyl (C=O) groups is 2. The van der Waals surface area contributed by atoms with Gasteiger partial charge in [0.05, 0.1) is 19.0 Å². The number of nitrogens with one attached hydrogen (secondary N) is 1. The molecule has 0 aromatic heterocycles. The van der Waals surface area contributed by atoms with Crippen LogP contribution in [0.25, 0.3) is 0 Å². The van der Waals surface area contributed by atoms with Crippen molar-refractivity contribution in [1.29, 1.82) is 0 Å². The Kier molecular flexibility index (Phi) is 4.88. The smallest absolute Gasteiger partial charge is 0.247 e. The number of rotatable bonds is 5. The lowest BCUT2D eigenvalue weighted by molar-refractivity contribution is -0.139. The van der Waals surface area contributed by atoms with Crippen LogP contribution in [0.4, 0.5) is 0 Å². The maximum atomic E-state index is 12.4. The van der Waals surface area contributed by atoms with Crippen LogP contribution >= 0.6 is 15.9 Å². The molecule has 118 valence electrons. The number of likely N-dealkylation sites (tertiary alicyclic amines) is 1. The molecule has 0 spiro atoms. The van der Waals surface area contributed by atoms with Crippen LogP contribution in [-0.2, 0) is 22.7 Å². The van der Waals surface area contributed by atoms with Crippen LogP contribution in [0.3, 0.4) is 0 Å². The Bertz CT molecular complexity index is 701. The van der Waals surface area contributed by atoms with E-state index in [4.69, 9.17) is 0 Å². The van der Waals surface area contributed by atoms with E-state index >= 15 is 0 Å². The van der Waals surface area contributed by atoms with Crippen molar-refractivity contribution < 1.29 is 9.59 Å². The van der Waals surface area contributed by atoms with E-state index in [9.17, 15) is 9.59 Å². The van der Waals surface area contributed by atoms with Gasteiger partial charge >= 0.3 is 0 Å². The average Bonchev–Trinajstić information content (AvgIpc) is 2.83. The number of halogens is 1. The van der Waals surface area contributed by atoms with Crippen LogP contribution in [0.2, 0.25) is 0 Å². The zero-order chi connectivity index (χ0) is 16.2. The maximum absolute atomic E-state index is 12.4. The van der Waals surface area contributed by atoms with Gasteiger partial charge in [0.2, 0.25) is 11.8 Å². The molecule has 1 atom stereocenters. The minimum Gasteiger partial charge on any atom is -0.301 e. The molecule has 2 amide bonds. The minimum atomic E-state index is -0.435. The molecule has 23 heavy (non-hydrogen) atoms. The van der Waals surface area contributed by atoms with Gasteiger partial charge in [0.25, 0.3) is 0 Å². The summed E-state index contributed by atoms with van der Waals surface area (Å²) in [7, 11) is 0. The van der Waals surface area contributed by atoms with E-state index < -0.39 is 6.04 Å². The predicted molar refractivity (Wildman–Crippen MR) is 91.4 cm³/mol. The Morgan fingerprint density at radius 2 is 1.70 bits per heavy atom. The van der Waals surface area contributed by atoms with Crippen LogP contribution in [0.1, 0.15) is 17.5 Å². The Morgan fingerprint density at radius 3 is 2.39 bits per heavy atom. The largest absolute Gasteiger partial charge is 0.301 e. The van der Waals surface area contributed by atoms with Crippen LogP contribution in [0, 0.1) is 0 Å². The lowest BCUT2D eigenvalue weighted by atomic mass is 10.2. The van der Waals surface area contributed by atoms with E-state index in [0.29, 0.717) is 13.1 Å². The molecule has 1 aliphatic rings. The van der Waals surface area contributed by atoms with Crippen molar-refractivity contribution in [3.63, 3.8) is 0 Å². The zero-order valence-electron chi connectivity index (χ0n) is 12.5. The third-order valence-electron chi connectivity index (χ3n) is 3.89. The number of carbonyl (C=O) groups excluding carboxylic acids is 2. The second kappa shape index (κ2) is 7.06. The molecule has 1 heterocycles. The molecule has 1 aliphatic heterocycles. The second-order valence-electron chi connectivity index (χ2n) is 5.57. The highest BCUT2D eigenvalue weighted by Crippen LogP contribution is 2.17. The molecule has 1 N–H and O–H groups in total. The van der Waals surface area contributed by atoms with Gasteiger partial charge in [0.15, 0.2) is 0 Å². The molecule has 0 unspecified atom stereocenters. The summed E-state index contributed by atoms with van der Waals surface area (Å²) in [5.74, 6) is -0.261. The van der Waals surface area contributed by atoms with E-state index in [1.807, 2.05) is 54.6 Å². The summed E-state index contributed by atoms with van der Waals surface area (Å²) >= 11 is 3.39. The lowest BCUT2D eigenvalue weighted by Gasteiger charge is -2.15. The first kappa shape index (κ1) is 15.9. The van der Waals surface area contributed by atoms with E-state index in [1.54, 1.807) is 0 Å². The number of hydrogen-bond acceptors (Lipinski definition) is 3. The average molecular weight is 373 g/mol. The van der Waals surface area contributed by atoms with Gasteiger partial charge < -0.3 is 5.32 Å². The summed E-state index contributed by atoms with van der Waals surface area (Å²) < 4.78 is 1.02. The van der Waals surface area contributed by atoms with Crippen LogP contribution in [0.5, 0.6) is 0 Å². The second-order valence-corrected chi connectivity index (χ2v) is 6.48. The highest BCUT2D eigenvalue weighted by Gasteiger charge is 2.37. The number of imide groups is 1. The normalized spacial score (nSPS) is 17.8. The molecule has 0 bridgehead atoms. The fraction of sp³-hybridized carbons (Fsp3) is 0.222. The highest BCUT2D eigenvalue weighted by atomic mass is 79.9. The molecule has 3 rings (SSSR count). The number of benzene rings is 2. The highest BCUT2D eigenvalue weighted by molar-refractivity contribution is 9.10. The standard InChI is InChI=1S/C18H17BrN2O2/c19-15-8-6-13(7-9-15)11-20-16-10-17(22)21(18(16)23)12-14-4-2-1-3-5-14/h1-9,16,20H,10-12H2/t16-/m1/s1. The Morgan fingerprint density at radius 1 is 1.00 bits per heavy atom. The van der Waals surface area contributed by atoms with Gasteiger partial charge in [0.1, 0.15) is 0 Å². The summed E-state index contributed by atoms with van der Waals surface area (Å²) in [4.78, 5) is 25.9. The monoisotopic (exact) mass is 372 g/mol. The van der Waals surface area contributed by atoms with Crippen molar-refractivity contribution in [2.24, 2.45) is 0 Å². The Hall–Kier alpha value is -1.98. The molecular weight excluding hydrogens is 356 g/mol. The number of nitrogens with zero attached hydrogens (tertiary/aromatic N) is 1. The zero-order valence-corrected chi connectivity index (χ0v) is 14.1. The first-order chi connectivity index (χ1) is 11.1. The van der Waals surface area contributed by atoms with E-state index in [-0.39, 0.29) is 18.2 Å². The molecule has 5 heteroatoms. The van der Waals surface area contributed by atoms with Gasteiger partial charge in [-0.15, -0.1) is 0 Å². The van der Waals surface area contributed by atoms with Crippen LogP contribution in [0.15, 0.2) is 59.1 Å². The first-order valence-corrected chi connectivity index (χ1v) is 8.29. The fourth-order valence-corrected chi connectivity index (χ4v) is 2.88. The lowest BCUT2D eigenvalue weighted by Crippen LogP contribution is -2.38. The number of hydrogen-bond donors (Lipinski definition) is 1. The maximum Gasteiger partial charge on any atom is 0.247 e. The molecule has 0 saturated carbocycles. The van der Waals surface area contributed by atoms with Gasteiger partial charge in [-0.25, -0.2) is 0 Å².